The van der Waals surface area contributed by atoms with Gasteiger partial charge < -0.3 is 0 Å². The highest BCUT2D eigenvalue weighted by molar-refractivity contribution is 7.89. The molecule has 3 aromatic heterocycles. The number of aryl methyl sites for hydroxylation is 1. The summed E-state index contributed by atoms with van der Waals surface area (Å²) in [6.45, 7) is 2.46. The van der Waals surface area contributed by atoms with Crippen LogP contribution in [0.25, 0.3) is 28.1 Å². The highest BCUT2D eigenvalue weighted by atomic mass is 32.2. The van der Waals surface area contributed by atoms with E-state index >= 15 is 0 Å². The molecule has 4 aromatic rings. The van der Waals surface area contributed by atoms with Gasteiger partial charge in [-0.3, -0.25) is 14.5 Å². The molecular formula is C23H18F4N6O2S. The normalized spacial score (nSPS) is 13.0. The number of hydrogen-bond acceptors (Lipinski definition) is 6. The number of nitriles is 1. The van der Waals surface area contributed by atoms with Crippen LogP contribution in [0.1, 0.15) is 25.0 Å². The molecule has 13 heteroatoms. The fourth-order valence-electron chi connectivity index (χ4n) is 3.67. The van der Waals surface area contributed by atoms with Crippen molar-refractivity contribution in [2.75, 3.05) is 0 Å². The van der Waals surface area contributed by atoms with Crippen LogP contribution in [0.4, 0.5) is 17.6 Å². The third-order valence-corrected chi connectivity index (χ3v) is 7.04. The van der Waals surface area contributed by atoms with Crippen molar-refractivity contribution in [1.82, 2.24) is 24.2 Å². The van der Waals surface area contributed by atoms with Crippen LogP contribution in [0.5, 0.6) is 0 Å². The van der Waals surface area contributed by atoms with Gasteiger partial charge in [0, 0.05) is 24.0 Å². The molecule has 0 amide bonds. The molecule has 0 saturated carbocycles. The zero-order valence-electron chi connectivity index (χ0n) is 18.9. The Hall–Kier alpha value is -3.89. The maximum Gasteiger partial charge on any atom is 0.404 e. The first-order valence-corrected chi connectivity index (χ1v) is 12.0. The molecule has 36 heavy (non-hydrogen) atoms. The SMILES string of the molecule is CCc1cc2c(cc1F)c(C#N)c(-c1ccc(S(=O)(=O)N[C@@H](C)C(F)(F)F)cn1)n2-c1cnccn1. The Labute approximate surface area is 203 Å². The van der Waals surface area contributed by atoms with E-state index in [1.807, 2.05) is 6.07 Å². The summed E-state index contributed by atoms with van der Waals surface area (Å²) in [4.78, 5) is 12.0. The van der Waals surface area contributed by atoms with E-state index in [1.165, 1.54) is 30.7 Å². The lowest BCUT2D eigenvalue weighted by Gasteiger charge is -2.17. The molecule has 1 atom stereocenters. The van der Waals surface area contributed by atoms with Crippen LogP contribution in [0, 0.1) is 17.1 Å². The molecular weight excluding hydrogens is 500 g/mol. The average Bonchev–Trinajstić information content (AvgIpc) is 3.16. The van der Waals surface area contributed by atoms with Gasteiger partial charge >= 0.3 is 6.18 Å². The van der Waals surface area contributed by atoms with Crippen LogP contribution in [-0.2, 0) is 16.4 Å². The molecule has 0 radical (unpaired) electrons. The zero-order chi connectivity index (χ0) is 26.3. The number of sulfonamides is 1. The Morgan fingerprint density at radius 2 is 1.92 bits per heavy atom. The van der Waals surface area contributed by atoms with Gasteiger partial charge in [-0.1, -0.05) is 6.92 Å². The van der Waals surface area contributed by atoms with Crippen LogP contribution in [0.3, 0.4) is 0 Å². The molecule has 8 nitrogen and oxygen atoms in total. The largest absolute Gasteiger partial charge is 0.404 e. The number of fused-ring (bicyclic) bond motifs is 1. The van der Waals surface area contributed by atoms with E-state index in [2.05, 4.69) is 15.0 Å². The van der Waals surface area contributed by atoms with E-state index in [-0.39, 0.29) is 22.3 Å². The number of benzene rings is 1. The number of hydrogen-bond donors (Lipinski definition) is 1. The van der Waals surface area contributed by atoms with E-state index in [0.717, 1.165) is 12.3 Å². The van der Waals surface area contributed by atoms with Gasteiger partial charge in [0.2, 0.25) is 10.0 Å². The number of rotatable bonds is 6. The Bertz CT molecular complexity index is 1580. The van der Waals surface area contributed by atoms with E-state index < -0.39 is 33.0 Å². The van der Waals surface area contributed by atoms with Crippen LogP contribution in [-0.4, -0.2) is 40.2 Å². The minimum absolute atomic E-state index is 0.0594. The second kappa shape index (κ2) is 9.29. The fraction of sp³-hybridized carbons (Fsp3) is 0.217. The van der Waals surface area contributed by atoms with E-state index in [0.29, 0.717) is 30.2 Å². The first-order valence-electron chi connectivity index (χ1n) is 10.6. The van der Waals surface area contributed by atoms with E-state index in [1.54, 1.807) is 22.3 Å². The molecule has 0 spiro atoms. The fourth-order valence-corrected chi connectivity index (χ4v) is 4.84. The van der Waals surface area contributed by atoms with Crippen molar-refractivity contribution in [3.8, 4) is 23.3 Å². The first-order chi connectivity index (χ1) is 17.0. The minimum atomic E-state index is -4.77. The summed E-state index contributed by atoms with van der Waals surface area (Å²) >= 11 is 0. The number of aromatic nitrogens is 4. The van der Waals surface area contributed by atoms with Gasteiger partial charge in [-0.15, -0.1) is 0 Å². The lowest BCUT2D eigenvalue weighted by Crippen LogP contribution is -2.42. The standard InChI is InChI=1S/C23H18F4N6O2S/c1-3-14-8-20-16(9-18(14)24)17(10-28)22(33(20)21-12-29-6-7-30-21)19-5-4-15(11-31-19)36(34,35)32-13(2)23(25,26)27/h4-9,11-13,32H,3H2,1-2H3/t13-/m0/s1. The molecule has 0 saturated heterocycles. The quantitative estimate of drug-likeness (QED) is 0.381. The van der Waals surface area contributed by atoms with Crippen molar-refractivity contribution in [3.05, 3.63) is 66.0 Å². The van der Waals surface area contributed by atoms with E-state index in [9.17, 15) is 31.2 Å². The predicted molar refractivity (Wildman–Crippen MR) is 122 cm³/mol. The second-order valence-electron chi connectivity index (χ2n) is 7.81. The maximum absolute atomic E-state index is 14.6. The summed E-state index contributed by atoms with van der Waals surface area (Å²) in [7, 11) is -4.54. The molecule has 0 fully saturated rings. The Morgan fingerprint density at radius 1 is 1.17 bits per heavy atom. The van der Waals surface area contributed by atoms with Crippen LogP contribution in [0.15, 0.2) is 53.9 Å². The van der Waals surface area contributed by atoms with Crippen molar-refractivity contribution in [2.24, 2.45) is 0 Å². The minimum Gasteiger partial charge on any atom is -0.290 e. The number of alkyl halides is 3. The monoisotopic (exact) mass is 518 g/mol. The molecule has 0 unspecified atom stereocenters. The molecule has 1 N–H and O–H groups in total. The number of pyridine rings is 1. The smallest absolute Gasteiger partial charge is 0.290 e. The average molecular weight is 518 g/mol. The van der Waals surface area contributed by atoms with Crippen molar-refractivity contribution in [3.63, 3.8) is 0 Å². The lowest BCUT2D eigenvalue weighted by atomic mass is 10.1. The summed E-state index contributed by atoms with van der Waals surface area (Å²) in [5.41, 5.74) is 1.24. The third kappa shape index (κ3) is 4.52. The molecule has 1 aromatic carbocycles. The van der Waals surface area contributed by atoms with Crippen LogP contribution in [0.2, 0.25) is 0 Å². The predicted octanol–water partition coefficient (Wildman–Crippen LogP) is 4.28. The number of halogens is 4. The van der Waals surface area contributed by atoms with Crippen molar-refractivity contribution in [2.45, 2.75) is 37.4 Å². The molecule has 4 rings (SSSR count). The van der Waals surface area contributed by atoms with Gasteiger partial charge in [-0.05, 0) is 43.2 Å². The third-order valence-electron chi connectivity index (χ3n) is 5.52. The van der Waals surface area contributed by atoms with E-state index in [4.69, 9.17) is 0 Å². The summed E-state index contributed by atoms with van der Waals surface area (Å²) in [6.07, 6.45) is 0.812. The van der Waals surface area contributed by atoms with Crippen molar-refractivity contribution < 1.29 is 26.0 Å². The molecule has 3 heterocycles. The van der Waals surface area contributed by atoms with Gasteiger partial charge in [0.1, 0.15) is 22.8 Å². The van der Waals surface area contributed by atoms with Gasteiger partial charge in [0.05, 0.1) is 28.7 Å². The summed E-state index contributed by atoms with van der Waals surface area (Å²) in [5.74, 6) is -0.199. The Kier molecular flexibility index (Phi) is 6.50. The summed E-state index contributed by atoms with van der Waals surface area (Å²) < 4.78 is 81.1. The molecule has 186 valence electrons. The molecule has 0 aliphatic rings. The van der Waals surface area contributed by atoms with Gasteiger partial charge in [0.15, 0.2) is 5.82 Å². The second-order valence-corrected chi connectivity index (χ2v) is 9.53. The van der Waals surface area contributed by atoms with Crippen molar-refractivity contribution >= 4 is 20.9 Å². The van der Waals surface area contributed by atoms with Gasteiger partial charge in [-0.25, -0.2) is 17.8 Å². The molecule has 0 aliphatic carbocycles. The molecule has 0 bridgehead atoms. The van der Waals surface area contributed by atoms with Crippen LogP contribution < -0.4 is 4.72 Å². The summed E-state index contributed by atoms with van der Waals surface area (Å²) in [5, 5.41) is 10.2. The lowest BCUT2D eigenvalue weighted by molar-refractivity contribution is -0.147. The number of nitrogens with zero attached hydrogens (tertiary/aromatic N) is 5. The maximum atomic E-state index is 14.6. The Balaban J connectivity index is 1.91. The topological polar surface area (TPSA) is 114 Å². The highest BCUT2D eigenvalue weighted by Crippen LogP contribution is 2.36. The first kappa shape index (κ1) is 25.2. The summed E-state index contributed by atoms with van der Waals surface area (Å²) in [6, 6.07) is 4.90. The van der Waals surface area contributed by atoms with Gasteiger partial charge in [-0.2, -0.15) is 23.2 Å². The highest BCUT2D eigenvalue weighted by Gasteiger charge is 2.39. The molecule has 0 aliphatic heterocycles. The number of nitrogens with one attached hydrogen (secondary N) is 1. The van der Waals surface area contributed by atoms with Crippen molar-refractivity contribution in [1.29, 1.82) is 5.26 Å². The zero-order valence-corrected chi connectivity index (χ0v) is 19.7. The van der Waals surface area contributed by atoms with Gasteiger partial charge in [0.25, 0.3) is 0 Å². The van der Waals surface area contributed by atoms with Crippen LogP contribution >= 0.6 is 0 Å². The Morgan fingerprint density at radius 3 is 2.47 bits per heavy atom.